The third-order valence-corrected chi connectivity index (χ3v) is 5.15. The fraction of sp³-hybridized carbons (Fsp3) is 0.444. The van der Waals surface area contributed by atoms with Gasteiger partial charge in [0.15, 0.2) is 16.7 Å². The molecule has 0 aliphatic carbocycles. The normalized spacial score (nSPS) is 19.0. The smallest absolute Gasteiger partial charge is 0.266 e. The predicted octanol–water partition coefficient (Wildman–Crippen LogP) is 4.45. The van der Waals surface area contributed by atoms with E-state index in [4.69, 9.17) is 21.1 Å². The molecule has 1 aromatic carbocycles. The summed E-state index contributed by atoms with van der Waals surface area (Å²) in [5, 5.41) is 1.13. The van der Waals surface area contributed by atoms with Crippen molar-refractivity contribution in [3.8, 4) is 11.5 Å². The maximum Gasteiger partial charge on any atom is 0.266 e. The second-order valence-corrected chi connectivity index (χ2v) is 7.00. The average Bonchev–Trinajstić information content (AvgIpc) is 2.85. The second kappa shape index (κ2) is 8.63. The molecule has 1 aromatic rings. The number of hydrogen-bond donors (Lipinski definition) is 0. The summed E-state index contributed by atoms with van der Waals surface area (Å²) >= 11 is 7.76. The number of halogens is 1. The van der Waals surface area contributed by atoms with E-state index in [0.29, 0.717) is 33.2 Å². The van der Waals surface area contributed by atoms with Crippen LogP contribution in [0.15, 0.2) is 22.0 Å². The molecule has 5 nitrogen and oxygen atoms in total. The van der Waals surface area contributed by atoms with Crippen LogP contribution in [0.25, 0.3) is 6.08 Å². The van der Waals surface area contributed by atoms with Gasteiger partial charge in [0.25, 0.3) is 5.91 Å². The molecule has 1 atom stereocenters. The van der Waals surface area contributed by atoms with Crippen molar-refractivity contribution >= 4 is 40.5 Å². The molecule has 2 rings (SSSR count). The molecular weight excluding hydrogens is 360 g/mol. The van der Waals surface area contributed by atoms with Crippen LogP contribution in [0.5, 0.6) is 11.5 Å². The van der Waals surface area contributed by atoms with Gasteiger partial charge in [-0.1, -0.05) is 18.5 Å². The van der Waals surface area contributed by atoms with Gasteiger partial charge in [0, 0.05) is 14.1 Å². The minimum atomic E-state index is -0.0837. The number of amidine groups is 1. The van der Waals surface area contributed by atoms with E-state index in [1.807, 2.05) is 26.8 Å². The highest BCUT2D eigenvalue weighted by atomic mass is 35.5. The quantitative estimate of drug-likeness (QED) is 0.682. The van der Waals surface area contributed by atoms with Crippen molar-refractivity contribution in [2.24, 2.45) is 4.99 Å². The van der Waals surface area contributed by atoms with Crippen LogP contribution in [0.1, 0.15) is 32.8 Å². The van der Waals surface area contributed by atoms with Gasteiger partial charge in [0.2, 0.25) is 0 Å². The molecule has 1 aliphatic rings. The number of aliphatic imine (C=N–C) groups is 1. The van der Waals surface area contributed by atoms with Crippen LogP contribution in [0.3, 0.4) is 0 Å². The number of carbonyl (C=O) groups excluding carboxylic acids is 1. The first kappa shape index (κ1) is 19.7. The molecule has 1 saturated heterocycles. The number of ether oxygens (including phenoxy) is 2. The molecule has 0 radical (unpaired) electrons. The number of hydrogen-bond acceptors (Lipinski definition) is 5. The van der Waals surface area contributed by atoms with Crippen LogP contribution >= 0.6 is 23.4 Å². The summed E-state index contributed by atoms with van der Waals surface area (Å²) < 4.78 is 11.6. The Labute approximate surface area is 158 Å². The summed E-state index contributed by atoms with van der Waals surface area (Å²) in [7, 11) is 3.38. The van der Waals surface area contributed by atoms with Gasteiger partial charge >= 0.3 is 0 Å². The lowest BCUT2D eigenvalue weighted by atomic mass is 10.1. The molecule has 0 aromatic heterocycles. The minimum absolute atomic E-state index is 0.0323. The number of nitrogens with zero attached hydrogens (tertiary/aromatic N) is 2. The number of benzene rings is 1. The average molecular weight is 383 g/mol. The van der Waals surface area contributed by atoms with E-state index in [9.17, 15) is 4.79 Å². The van der Waals surface area contributed by atoms with Crippen molar-refractivity contribution in [3.63, 3.8) is 0 Å². The Morgan fingerprint density at radius 1 is 1.40 bits per heavy atom. The van der Waals surface area contributed by atoms with Crippen LogP contribution in [0.2, 0.25) is 5.02 Å². The molecule has 1 amide bonds. The highest BCUT2D eigenvalue weighted by molar-refractivity contribution is 8.18. The number of likely N-dealkylation sites (N-methyl/N-ethyl adjacent to an activating group) is 1. The Balaban J connectivity index is 2.40. The summed E-state index contributed by atoms with van der Waals surface area (Å²) in [6.07, 6.45) is 2.69. The molecule has 25 heavy (non-hydrogen) atoms. The zero-order valence-electron chi connectivity index (χ0n) is 15.1. The lowest BCUT2D eigenvalue weighted by molar-refractivity contribution is -0.121. The van der Waals surface area contributed by atoms with Crippen molar-refractivity contribution in [2.75, 3.05) is 20.7 Å². The molecule has 7 heteroatoms. The molecule has 0 bridgehead atoms. The van der Waals surface area contributed by atoms with Crippen LogP contribution in [-0.4, -0.2) is 42.8 Å². The van der Waals surface area contributed by atoms with Crippen LogP contribution < -0.4 is 9.47 Å². The Morgan fingerprint density at radius 3 is 2.68 bits per heavy atom. The molecule has 0 spiro atoms. The van der Waals surface area contributed by atoms with Crippen molar-refractivity contribution in [2.45, 2.75) is 33.3 Å². The summed E-state index contributed by atoms with van der Waals surface area (Å²) in [5.74, 6) is 1.04. The van der Waals surface area contributed by atoms with Gasteiger partial charge in [0.05, 0.1) is 22.6 Å². The summed E-state index contributed by atoms with van der Waals surface area (Å²) in [6, 6.07) is 3.62. The minimum Gasteiger partial charge on any atom is -0.490 e. The molecule has 1 heterocycles. The molecule has 0 saturated carbocycles. The first-order chi connectivity index (χ1) is 11.9. The van der Waals surface area contributed by atoms with E-state index < -0.39 is 0 Å². The zero-order valence-corrected chi connectivity index (χ0v) is 16.7. The highest BCUT2D eigenvalue weighted by Gasteiger charge is 2.29. The van der Waals surface area contributed by atoms with Gasteiger partial charge in [-0.15, -0.1) is 0 Å². The molecule has 0 unspecified atom stereocenters. The Morgan fingerprint density at radius 2 is 2.12 bits per heavy atom. The first-order valence-corrected chi connectivity index (χ1v) is 9.38. The number of thioether (sulfide) groups is 1. The maximum absolute atomic E-state index is 12.3. The molecule has 0 N–H and O–H groups in total. The van der Waals surface area contributed by atoms with Gasteiger partial charge in [0.1, 0.15) is 0 Å². The number of carbonyl (C=O) groups is 1. The highest BCUT2D eigenvalue weighted by Crippen LogP contribution is 2.39. The Kier molecular flexibility index (Phi) is 6.79. The molecule has 1 fully saturated rings. The van der Waals surface area contributed by atoms with Gasteiger partial charge in [-0.05, 0) is 55.8 Å². The largest absolute Gasteiger partial charge is 0.490 e. The lowest BCUT2D eigenvalue weighted by Gasteiger charge is -2.18. The van der Waals surface area contributed by atoms with Gasteiger partial charge in [-0.2, -0.15) is 0 Å². The predicted molar refractivity (Wildman–Crippen MR) is 105 cm³/mol. The van der Waals surface area contributed by atoms with E-state index in [0.717, 1.165) is 12.0 Å². The van der Waals surface area contributed by atoms with Gasteiger partial charge < -0.3 is 9.47 Å². The van der Waals surface area contributed by atoms with Crippen molar-refractivity contribution in [1.82, 2.24) is 4.90 Å². The van der Waals surface area contributed by atoms with Crippen LogP contribution in [0, 0.1) is 0 Å². The third-order valence-electron chi connectivity index (χ3n) is 3.72. The van der Waals surface area contributed by atoms with Crippen molar-refractivity contribution in [1.29, 1.82) is 0 Å². The Hall–Kier alpha value is -1.66. The van der Waals surface area contributed by atoms with E-state index in [2.05, 4.69) is 4.99 Å². The van der Waals surface area contributed by atoms with Crippen LogP contribution in [0.4, 0.5) is 0 Å². The van der Waals surface area contributed by atoms with E-state index >= 15 is 0 Å². The van der Waals surface area contributed by atoms with Crippen molar-refractivity contribution in [3.05, 3.63) is 27.6 Å². The second-order valence-electron chi connectivity index (χ2n) is 5.58. The Bertz CT molecular complexity index is 719. The maximum atomic E-state index is 12.3. The summed E-state index contributed by atoms with van der Waals surface area (Å²) in [4.78, 5) is 18.5. The lowest BCUT2D eigenvalue weighted by Crippen LogP contribution is -2.23. The van der Waals surface area contributed by atoms with Gasteiger partial charge in [-0.3, -0.25) is 14.7 Å². The third kappa shape index (κ3) is 4.50. The SMILES string of the molecule is CCOc1cc(/C=C2/SC(=NC)N(C)C2=O)cc(Cl)c1O[C@H](C)CC. The van der Waals surface area contributed by atoms with Crippen LogP contribution in [-0.2, 0) is 4.79 Å². The number of amides is 1. The number of rotatable bonds is 6. The first-order valence-electron chi connectivity index (χ1n) is 8.18. The zero-order chi connectivity index (χ0) is 18.6. The fourth-order valence-corrected chi connectivity index (χ4v) is 3.42. The monoisotopic (exact) mass is 382 g/mol. The summed E-state index contributed by atoms with van der Waals surface area (Å²) in [6.45, 7) is 6.43. The molecule has 1 aliphatic heterocycles. The van der Waals surface area contributed by atoms with E-state index in [-0.39, 0.29) is 12.0 Å². The van der Waals surface area contributed by atoms with Gasteiger partial charge in [-0.25, -0.2) is 0 Å². The van der Waals surface area contributed by atoms with Crippen molar-refractivity contribution < 1.29 is 14.3 Å². The van der Waals surface area contributed by atoms with E-state index in [1.54, 1.807) is 26.2 Å². The molecule has 136 valence electrons. The van der Waals surface area contributed by atoms with E-state index in [1.165, 1.54) is 16.7 Å². The standard InChI is InChI=1S/C18H23ClN2O3S/c1-6-11(3)24-16-13(19)8-12(9-14(16)23-7-2)10-15-17(22)21(5)18(20-4)25-15/h8-11H,6-7H2,1-5H3/b15-10+,20-18?/t11-/m1/s1. The fourth-order valence-electron chi connectivity index (χ4n) is 2.23. The topological polar surface area (TPSA) is 51.1 Å². The summed E-state index contributed by atoms with van der Waals surface area (Å²) in [5.41, 5.74) is 0.784. The molecular formula is C18H23ClN2O3S.